The van der Waals surface area contributed by atoms with Crippen molar-refractivity contribution in [3.8, 4) is 0 Å². The molecule has 1 fully saturated rings. The smallest absolute Gasteiger partial charge is 0.325 e. The van der Waals surface area contributed by atoms with Crippen LogP contribution in [0.25, 0.3) is 0 Å². The molecule has 8 nitrogen and oxygen atoms in total. The standard InChI is InChI=1S/C9H14N2O6/c12-3-4-6(14)7(15)8(17-4)11-2-1-5(13)10-9(11)16/h1-2,4-8,12-15H,3H2,(H,10,16)/t4-,5-,6-,7-,8-/m1/s1. The number of urea groups is 1. The number of aliphatic hydroxyl groups is 4. The third kappa shape index (κ3) is 2.13. The summed E-state index contributed by atoms with van der Waals surface area (Å²) in [4.78, 5) is 12.5. The molecular weight excluding hydrogens is 232 g/mol. The van der Waals surface area contributed by atoms with Gasteiger partial charge in [0, 0.05) is 6.20 Å². The fourth-order valence-electron chi connectivity index (χ4n) is 1.80. The van der Waals surface area contributed by atoms with Gasteiger partial charge < -0.3 is 30.5 Å². The topological polar surface area (TPSA) is 122 Å². The van der Waals surface area contributed by atoms with E-state index in [0.717, 1.165) is 4.90 Å². The Bertz CT molecular complexity index is 335. The molecule has 17 heavy (non-hydrogen) atoms. The minimum Gasteiger partial charge on any atom is -0.394 e. The maximum Gasteiger partial charge on any atom is 0.325 e. The van der Waals surface area contributed by atoms with E-state index in [0.29, 0.717) is 0 Å². The van der Waals surface area contributed by atoms with Crippen molar-refractivity contribution in [3.05, 3.63) is 12.3 Å². The van der Waals surface area contributed by atoms with Gasteiger partial charge in [0.15, 0.2) is 6.23 Å². The van der Waals surface area contributed by atoms with Crippen LogP contribution in [-0.4, -0.2) is 68.7 Å². The molecule has 2 aliphatic rings. The second-order valence-electron chi connectivity index (χ2n) is 3.87. The average Bonchev–Trinajstić information content (AvgIpc) is 2.57. The van der Waals surface area contributed by atoms with Gasteiger partial charge in [-0.25, -0.2) is 4.79 Å². The molecule has 2 amide bonds. The van der Waals surface area contributed by atoms with E-state index in [9.17, 15) is 15.0 Å². The summed E-state index contributed by atoms with van der Waals surface area (Å²) in [6.45, 7) is -0.462. The minimum atomic E-state index is -1.32. The maximum absolute atomic E-state index is 11.5. The molecule has 0 aromatic carbocycles. The van der Waals surface area contributed by atoms with E-state index in [2.05, 4.69) is 5.32 Å². The number of rotatable bonds is 2. The van der Waals surface area contributed by atoms with Gasteiger partial charge in [0.2, 0.25) is 0 Å². The SMILES string of the molecule is O=C1N[C@H](O)C=CN1[C@@H]1O[C@H](CO)[C@@H](O)[C@H]1O. The van der Waals surface area contributed by atoms with Gasteiger partial charge in [-0.3, -0.25) is 4.90 Å². The summed E-state index contributed by atoms with van der Waals surface area (Å²) in [5, 5.41) is 39.4. The number of aliphatic hydroxyl groups excluding tert-OH is 4. The first-order chi connectivity index (χ1) is 8.04. The fourth-order valence-corrected chi connectivity index (χ4v) is 1.80. The zero-order chi connectivity index (χ0) is 12.6. The molecule has 5 N–H and O–H groups in total. The summed E-state index contributed by atoms with van der Waals surface area (Å²) in [6, 6.07) is -0.658. The molecule has 2 aliphatic heterocycles. The Morgan fingerprint density at radius 2 is 2.06 bits per heavy atom. The summed E-state index contributed by atoms with van der Waals surface area (Å²) in [7, 11) is 0. The van der Waals surface area contributed by atoms with Crippen LogP contribution < -0.4 is 5.32 Å². The minimum absolute atomic E-state index is 0.462. The Morgan fingerprint density at radius 3 is 2.59 bits per heavy atom. The fraction of sp³-hybridized carbons (Fsp3) is 0.667. The number of carbonyl (C=O) groups excluding carboxylic acids is 1. The van der Waals surface area contributed by atoms with Gasteiger partial charge in [0.25, 0.3) is 0 Å². The zero-order valence-electron chi connectivity index (χ0n) is 8.80. The van der Waals surface area contributed by atoms with E-state index >= 15 is 0 Å². The van der Waals surface area contributed by atoms with E-state index in [1.807, 2.05) is 0 Å². The van der Waals surface area contributed by atoms with Crippen molar-refractivity contribution in [2.75, 3.05) is 6.61 Å². The predicted octanol–water partition coefficient (Wildman–Crippen LogP) is -2.72. The summed E-state index contributed by atoms with van der Waals surface area (Å²) < 4.78 is 5.16. The number of carbonyl (C=O) groups is 1. The lowest BCUT2D eigenvalue weighted by Gasteiger charge is -2.31. The van der Waals surface area contributed by atoms with Crippen molar-refractivity contribution < 1.29 is 30.0 Å². The van der Waals surface area contributed by atoms with Crippen LogP contribution in [0.15, 0.2) is 12.3 Å². The molecule has 8 heteroatoms. The van der Waals surface area contributed by atoms with E-state index in [-0.39, 0.29) is 0 Å². The van der Waals surface area contributed by atoms with E-state index in [4.69, 9.17) is 14.9 Å². The van der Waals surface area contributed by atoms with Gasteiger partial charge in [0.1, 0.15) is 24.5 Å². The van der Waals surface area contributed by atoms with Crippen molar-refractivity contribution in [2.24, 2.45) is 0 Å². The lowest BCUT2D eigenvalue weighted by atomic mass is 10.1. The Morgan fingerprint density at radius 1 is 1.35 bits per heavy atom. The third-order valence-electron chi connectivity index (χ3n) is 2.73. The highest BCUT2D eigenvalue weighted by Crippen LogP contribution is 2.25. The van der Waals surface area contributed by atoms with Crippen LogP contribution in [0.5, 0.6) is 0 Å². The molecule has 0 bridgehead atoms. The average molecular weight is 246 g/mol. The lowest BCUT2D eigenvalue weighted by Crippen LogP contribution is -2.53. The Hall–Kier alpha value is -1.19. The van der Waals surface area contributed by atoms with E-state index in [1.165, 1.54) is 12.3 Å². The van der Waals surface area contributed by atoms with Crippen LogP contribution in [0.2, 0.25) is 0 Å². The van der Waals surface area contributed by atoms with Crippen LogP contribution in [0, 0.1) is 0 Å². The van der Waals surface area contributed by atoms with Crippen LogP contribution in [0.1, 0.15) is 0 Å². The predicted molar refractivity (Wildman–Crippen MR) is 53.3 cm³/mol. The number of ether oxygens (including phenoxy) is 1. The number of hydrogen-bond acceptors (Lipinski definition) is 6. The van der Waals surface area contributed by atoms with Crippen molar-refractivity contribution in [1.29, 1.82) is 0 Å². The van der Waals surface area contributed by atoms with Crippen LogP contribution in [0.3, 0.4) is 0 Å². The second-order valence-corrected chi connectivity index (χ2v) is 3.87. The van der Waals surface area contributed by atoms with Crippen molar-refractivity contribution in [1.82, 2.24) is 10.2 Å². The molecule has 0 aliphatic carbocycles. The van der Waals surface area contributed by atoms with Gasteiger partial charge in [-0.05, 0) is 6.08 Å². The van der Waals surface area contributed by atoms with Gasteiger partial charge >= 0.3 is 6.03 Å². The Balaban J connectivity index is 2.13. The molecule has 1 saturated heterocycles. The highest BCUT2D eigenvalue weighted by molar-refractivity contribution is 5.77. The highest BCUT2D eigenvalue weighted by atomic mass is 16.6. The number of amides is 2. The molecule has 5 atom stereocenters. The van der Waals surface area contributed by atoms with Gasteiger partial charge in [-0.1, -0.05) is 0 Å². The largest absolute Gasteiger partial charge is 0.394 e. The Labute approximate surface area is 96.7 Å². The normalized spacial score (nSPS) is 41.8. The zero-order valence-corrected chi connectivity index (χ0v) is 8.80. The first-order valence-electron chi connectivity index (χ1n) is 5.12. The Kier molecular flexibility index (Phi) is 3.31. The summed E-state index contributed by atoms with van der Waals surface area (Å²) >= 11 is 0. The number of hydrogen-bond donors (Lipinski definition) is 5. The number of nitrogens with zero attached hydrogens (tertiary/aromatic N) is 1. The second kappa shape index (κ2) is 4.59. The van der Waals surface area contributed by atoms with Crippen LogP contribution in [0.4, 0.5) is 4.79 Å². The molecule has 2 heterocycles. The van der Waals surface area contributed by atoms with Crippen LogP contribution in [-0.2, 0) is 4.74 Å². The van der Waals surface area contributed by atoms with Crippen LogP contribution >= 0.6 is 0 Å². The maximum atomic E-state index is 11.5. The highest BCUT2D eigenvalue weighted by Gasteiger charge is 2.46. The number of nitrogens with one attached hydrogen (secondary N) is 1. The molecule has 0 radical (unpaired) electrons. The quantitative estimate of drug-likeness (QED) is 0.361. The molecule has 0 saturated carbocycles. The summed E-state index contributed by atoms with van der Waals surface area (Å²) in [6.07, 6.45) is -3.17. The van der Waals surface area contributed by atoms with Crippen molar-refractivity contribution >= 4 is 6.03 Å². The summed E-state index contributed by atoms with van der Waals surface area (Å²) in [5.74, 6) is 0. The monoisotopic (exact) mass is 246 g/mol. The molecule has 2 rings (SSSR count). The first-order valence-corrected chi connectivity index (χ1v) is 5.12. The molecule has 0 unspecified atom stereocenters. The molecule has 0 aromatic heterocycles. The lowest BCUT2D eigenvalue weighted by molar-refractivity contribution is -0.0677. The molecule has 0 aromatic rings. The molecular formula is C9H14N2O6. The van der Waals surface area contributed by atoms with Gasteiger partial charge in [0.05, 0.1) is 6.61 Å². The first kappa shape index (κ1) is 12.3. The van der Waals surface area contributed by atoms with Crippen molar-refractivity contribution in [2.45, 2.75) is 30.8 Å². The molecule has 96 valence electrons. The van der Waals surface area contributed by atoms with Gasteiger partial charge in [-0.2, -0.15) is 0 Å². The van der Waals surface area contributed by atoms with E-state index < -0.39 is 43.4 Å². The van der Waals surface area contributed by atoms with Crippen molar-refractivity contribution in [3.63, 3.8) is 0 Å². The van der Waals surface area contributed by atoms with E-state index in [1.54, 1.807) is 0 Å². The van der Waals surface area contributed by atoms with Gasteiger partial charge in [-0.15, -0.1) is 0 Å². The third-order valence-corrected chi connectivity index (χ3v) is 2.73. The molecule has 0 spiro atoms. The summed E-state index contributed by atoms with van der Waals surface area (Å²) in [5.41, 5.74) is 0.